The largest absolute Gasteiger partial charge is 0.423 e. The number of nitrogens with two attached hydrogens (primary N) is 1. The second-order valence-corrected chi connectivity index (χ2v) is 7.57. The summed E-state index contributed by atoms with van der Waals surface area (Å²) in [5, 5.41) is 10.4. The number of benzene rings is 1. The predicted octanol–water partition coefficient (Wildman–Crippen LogP) is 2.33. The average Bonchev–Trinajstić information content (AvgIpc) is 2.75. The maximum absolute atomic E-state index is 13.8. The van der Waals surface area contributed by atoms with Gasteiger partial charge in [0, 0.05) is 44.6 Å². The zero-order chi connectivity index (χ0) is 23.6. The Hall–Kier alpha value is -3.82. The molecule has 0 aliphatic carbocycles. The van der Waals surface area contributed by atoms with Gasteiger partial charge in [0.05, 0.1) is 5.69 Å². The smallest absolute Gasteiger partial charge is 0.297 e. The molecular formula is C22H22F2N4O4. The number of nitrogens with zero attached hydrogens (tertiary/aromatic N) is 3. The number of aryl methyl sites for hydroxylation is 2. The van der Waals surface area contributed by atoms with E-state index in [1.54, 1.807) is 20.2 Å². The fourth-order valence-corrected chi connectivity index (χ4v) is 3.30. The molecule has 0 atom stereocenters. The first-order valence-corrected chi connectivity index (χ1v) is 9.79. The molecule has 0 unspecified atom stereocenters. The van der Waals surface area contributed by atoms with Crippen molar-refractivity contribution in [3.63, 3.8) is 0 Å². The summed E-state index contributed by atoms with van der Waals surface area (Å²) in [6, 6.07) is 4.56. The fourth-order valence-electron chi connectivity index (χ4n) is 3.30. The number of carbonyl (C=O) groups is 2. The van der Waals surface area contributed by atoms with Crippen LogP contribution < -0.4 is 11.3 Å². The van der Waals surface area contributed by atoms with E-state index in [0.29, 0.717) is 18.1 Å². The van der Waals surface area contributed by atoms with Crippen LogP contribution in [0.5, 0.6) is 0 Å². The number of rotatable bonds is 7. The van der Waals surface area contributed by atoms with Gasteiger partial charge in [-0.25, -0.2) is 13.8 Å². The highest BCUT2D eigenvalue weighted by atomic mass is 19.1. The molecule has 3 rings (SSSR count). The van der Waals surface area contributed by atoms with Crippen molar-refractivity contribution in [3.8, 4) is 0 Å². The summed E-state index contributed by atoms with van der Waals surface area (Å²) in [7, 11) is 3.28. The Morgan fingerprint density at radius 2 is 1.88 bits per heavy atom. The summed E-state index contributed by atoms with van der Waals surface area (Å²) in [6.45, 7) is 0. The van der Waals surface area contributed by atoms with Crippen molar-refractivity contribution >= 4 is 28.4 Å². The summed E-state index contributed by atoms with van der Waals surface area (Å²) in [4.78, 5) is 42.6. The van der Waals surface area contributed by atoms with Crippen molar-refractivity contribution in [2.45, 2.75) is 25.7 Å². The van der Waals surface area contributed by atoms with Crippen LogP contribution in [0, 0.1) is 11.6 Å². The second kappa shape index (κ2) is 9.13. The van der Waals surface area contributed by atoms with Gasteiger partial charge in [-0.15, -0.1) is 4.73 Å². The van der Waals surface area contributed by atoms with Crippen LogP contribution in [-0.2, 0) is 17.6 Å². The van der Waals surface area contributed by atoms with Crippen LogP contribution in [0.3, 0.4) is 0 Å². The normalized spacial score (nSPS) is 11.0. The molecule has 8 nitrogen and oxygen atoms in total. The molecule has 0 spiro atoms. The summed E-state index contributed by atoms with van der Waals surface area (Å²) >= 11 is 0. The summed E-state index contributed by atoms with van der Waals surface area (Å²) in [6.07, 6.45) is 1.61. The fraction of sp³-hybridized carbons (Fsp3) is 0.273. The van der Waals surface area contributed by atoms with Crippen LogP contribution in [0.15, 0.2) is 35.3 Å². The lowest BCUT2D eigenvalue weighted by Crippen LogP contribution is -2.28. The topological polar surface area (TPSA) is 119 Å². The van der Waals surface area contributed by atoms with E-state index in [0.717, 1.165) is 6.07 Å². The molecule has 0 aliphatic rings. The van der Waals surface area contributed by atoms with Crippen molar-refractivity contribution in [2.24, 2.45) is 0 Å². The van der Waals surface area contributed by atoms with E-state index in [9.17, 15) is 28.4 Å². The molecule has 10 heteroatoms. The number of nitrogen functional groups attached to an aromatic ring is 1. The number of ketones is 1. The van der Waals surface area contributed by atoms with E-state index >= 15 is 0 Å². The van der Waals surface area contributed by atoms with Crippen LogP contribution in [0.25, 0.3) is 11.0 Å². The molecule has 1 aromatic carbocycles. The first kappa shape index (κ1) is 22.9. The Kier molecular flexibility index (Phi) is 6.52. The number of anilines is 1. The van der Waals surface area contributed by atoms with Crippen molar-refractivity contribution < 1.29 is 23.6 Å². The van der Waals surface area contributed by atoms with Crippen LogP contribution in [0.1, 0.15) is 34.3 Å². The van der Waals surface area contributed by atoms with Gasteiger partial charge in [-0.05, 0) is 36.1 Å². The third-order valence-corrected chi connectivity index (χ3v) is 5.13. The maximum Gasteiger partial charge on any atom is 0.297 e. The van der Waals surface area contributed by atoms with Gasteiger partial charge < -0.3 is 15.8 Å². The van der Waals surface area contributed by atoms with Crippen LogP contribution in [-0.4, -0.2) is 45.6 Å². The number of hydrogen-bond acceptors (Lipinski definition) is 6. The van der Waals surface area contributed by atoms with Gasteiger partial charge in [0.2, 0.25) is 5.91 Å². The van der Waals surface area contributed by atoms with Gasteiger partial charge in [-0.2, -0.15) is 0 Å². The summed E-state index contributed by atoms with van der Waals surface area (Å²) < 4.78 is 27.1. The number of fused-ring (bicyclic) bond motifs is 1. The minimum absolute atomic E-state index is 0.0851. The third kappa shape index (κ3) is 4.58. The number of hydrogen-bond donors (Lipinski definition) is 2. The Morgan fingerprint density at radius 3 is 2.53 bits per heavy atom. The maximum atomic E-state index is 13.8. The number of Topliss-reactive ketones (excluding diaryl/α,β-unsaturated/α-hetero) is 1. The quantitative estimate of drug-likeness (QED) is 0.427. The molecular weight excluding hydrogens is 422 g/mol. The Bertz CT molecular complexity index is 1270. The van der Waals surface area contributed by atoms with Gasteiger partial charge in [0.15, 0.2) is 11.4 Å². The number of halogens is 2. The van der Waals surface area contributed by atoms with E-state index in [2.05, 4.69) is 4.98 Å². The lowest BCUT2D eigenvalue weighted by atomic mass is 10.00. The zero-order valence-electron chi connectivity index (χ0n) is 17.6. The highest BCUT2D eigenvalue weighted by Crippen LogP contribution is 2.24. The van der Waals surface area contributed by atoms with Crippen LogP contribution in [0.2, 0.25) is 0 Å². The SMILES string of the molecule is CN(C)C(=O)CCc1cnc2c(c1)c(N)c(C(=O)CCc1ccc(F)cc1F)c(=O)n2O. The Labute approximate surface area is 181 Å². The lowest BCUT2D eigenvalue weighted by Gasteiger charge is -2.13. The predicted molar refractivity (Wildman–Crippen MR) is 114 cm³/mol. The molecule has 0 radical (unpaired) electrons. The molecule has 32 heavy (non-hydrogen) atoms. The van der Waals surface area contributed by atoms with Crippen molar-refractivity contribution in [1.82, 2.24) is 14.6 Å². The molecule has 168 valence electrons. The number of carbonyl (C=O) groups excluding carboxylic acids is 2. The van der Waals surface area contributed by atoms with E-state index in [4.69, 9.17) is 5.73 Å². The Morgan fingerprint density at radius 1 is 1.16 bits per heavy atom. The lowest BCUT2D eigenvalue weighted by molar-refractivity contribution is -0.128. The van der Waals surface area contributed by atoms with E-state index in [1.165, 1.54) is 17.2 Å². The van der Waals surface area contributed by atoms with Gasteiger partial charge in [0.25, 0.3) is 5.56 Å². The van der Waals surface area contributed by atoms with Gasteiger partial charge >= 0.3 is 0 Å². The zero-order valence-corrected chi connectivity index (χ0v) is 17.6. The summed E-state index contributed by atoms with van der Waals surface area (Å²) in [5.41, 5.74) is 5.07. The second-order valence-electron chi connectivity index (χ2n) is 7.57. The van der Waals surface area contributed by atoms with Crippen molar-refractivity contribution in [1.29, 1.82) is 0 Å². The molecule has 0 saturated carbocycles. The van der Waals surface area contributed by atoms with E-state index in [1.807, 2.05) is 0 Å². The van der Waals surface area contributed by atoms with Crippen molar-refractivity contribution in [2.75, 3.05) is 19.8 Å². The van der Waals surface area contributed by atoms with Crippen LogP contribution >= 0.6 is 0 Å². The molecule has 3 aromatic rings. The van der Waals surface area contributed by atoms with Gasteiger partial charge in [-0.1, -0.05) is 6.07 Å². The minimum atomic E-state index is -1.04. The third-order valence-electron chi connectivity index (χ3n) is 5.13. The summed E-state index contributed by atoms with van der Waals surface area (Å²) in [5.74, 6) is -2.33. The first-order chi connectivity index (χ1) is 15.1. The highest BCUT2D eigenvalue weighted by molar-refractivity contribution is 6.06. The highest BCUT2D eigenvalue weighted by Gasteiger charge is 2.22. The minimum Gasteiger partial charge on any atom is -0.423 e. The van der Waals surface area contributed by atoms with Crippen LogP contribution in [0.4, 0.5) is 14.5 Å². The Balaban J connectivity index is 1.92. The van der Waals surface area contributed by atoms with E-state index < -0.39 is 28.5 Å². The van der Waals surface area contributed by atoms with Gasteiger partial charge in [-0.3, -0.25) is 14.4 Å². The number of pyridine rings is 2. The monoisotopic (exact) mass is 444 g/mol. The molecule has 3 N–H and O–H groups in total. The number of amides is 1. The van der Waals surface area contributed by atoms with Gasteiger partial charge in [0.1, 0.15) is 17.2 Å². The van der Waals surface area contributed by atoms with E-state index in [-0.39, 0.29) is 52.2 Å². The molecule has 0 fully saturated rings. The van der Waals surface area contributed by atoms with Crippen molar-refractivity contribution in [3.05, 3.63) is 69.1 Å². The number of aromatic nitrogens is 2. The first-order valence-electron chi connectivity index (χ1n) is 9.79. The molecule has 2 aromatic heterocycles. The molecule has 0 bridgehead atoms. The molecule has 0 aliphatic heterocycles. The standard InChI is InChI=1S/C22H22F2N4O4/c1-27(2)18(30)8-3-12-9-15-20(25)19(22(31)28(32)21(15)26-11-12)17(29)7-5-13-4-6-14(23)10-16(13)24/h4,6,9-11,32H,3,5,7-8,25H2,1-2H3. The molecule has 0 saturated heterocycles. The average molecular weight is 444 g/mol. The molecule has 1 amide bonds. The molecule has 2 heterocycles.